The summed E-state index contributed by atoms with van der Waals surface area (Å²) in [5, 5.41) is 2.83. The number of nitrogens with zero attached hydrogens (tertiary/aromatic N) is 1. The van der Waals surface area contributed by atoms with Crippen LogP contribution in [-0.2, 0) is 4.79 Å². The zero-order chi connectivity index (χ0) is 22.1. The monoisotopic (exact) mass is 418 g/mol. The summed E-state index contributed by atoms with van der Waals surface area (Å²) in [5.41, 5.74) is 3.48. The van der Waals surface area contributed by atoms with Crippen molar-refractivity contribution < 1.29 is 19.0 Å². The highest BCUT2D eigenvalue weighted by Crippen LogP contribution is 2.28. The molecule has 160 valence electrons. The van der Waals surface area contributed by atoms with Gasteiger partial charge in [-0.25, -0.2) is 0 Å². The number of carbonyl (C=O) groups is 1. The molecule has 0 unspecified atom stereocenters. The summed E-state index contributed by atoms with van der Waals surface area (Å²) < 4.78 is 16.5. The minimum atomic E-state index is -0.238. The summed E-state index contributed by atoms with van der Waals surface area (Å²) in [6, 6.07) is 20.6. The molecular weight excluding hydrogens is 392 g/mol. The highest BCUT2D eigenvalue weighted by molar-refractivity contribution is 5.92. The molecule has 0 aliphatic heterocycles. The normalized spacial score (nSPS) is 10.7. The molecule has 1 amide bonds. The van der Waals surface area contributed by atoms with E-state index in [0.717, 1.165) is 28.3 Å². The smallest absolute Gasteiger partial charge is 0.262 e. The first-order valence-corrected chi connectivity index (χ1v) is 10.0. The van der Waals surface area contributed by atoms with Crippen LogP contribution in [0.25, 0.3) is 0 Å². The predicted octanol–water partition coefficient (Wildman–Crippen LogP) is 5.17. The molecule has 1 N–H and O–H groups in total. The number of hydrogen-bond donors (Lipinski definition) is 1. The Morgan fingerprint density at radius 1 is 1.00 bits per heavy atom. The Labute approximate surface area is 182 Å². The van der Waals surface area contributed by atoms with E-state index in [0.29, 0.717) is 18.1 Å². The number of aryl methyl sites for hydroxylation is 1. The van der Waals surface area contributed by atoms with Gasteiger partial charge in [-0.3, -0.25) is 9.79 Å². The van der Waals surface area contributed by atoms with Gasteiger partial charge in [-0.1, -0.05) is 12.1 Å². The number of anilines is 1. The molecule has 0 aromatic heterocycles. The van der Waals surface area contributed by atoms with Crippen molar-refractivity contribution in [2.75, 3.05) is 25.6 Å². The minimum Gasteiger partial charge on any atom is -0.497 e. The molecule has 3 aromatic rings. The van der Waals surface area contributed by atoms with E-state index in [9.17, 15) is 4.79 Å². The summed E-state index contributed by atoms with van der Waals surface area (Å²) in [7, 11) is 1.63. The Kier molecular flexibility index (Phi) is 7.65. The minimum absolute atomic E-state index is 0.118. The van der Waals surface area contributed by atoms with Gasteiger partial charge in [0.05, 0.1) is 19.4 Å². The van der Waals surface area contributed by atoms with Crippen molar-refractivity contribution in [1.82, 2.24) is 0 Å². The lowest BCUT2D eigenvalue weighted by Crippen LogP contribution is -2.20. The fraction of sp³-hybridized carbons (Fsp3) is 0.200. The molecule has 0 aliphatic rings. The molecular formula is C25H26N2O4. The van der Waals surface area contributed by atoms with Crippen LogP contribution in [0.15, 0.2) is 71.7 Å². The van der Waals surface area contributed by atoms with Crippen LogP contribution >= 0.6 is 0 Å². The number of nitrogens with one attached hydrogen (secondary N) is 1. The van der Waals surface area contributed by atoms with Gasteiger partial charge >= 0.3 is 0 Å². The van der Waals surface area contributed by atoms with Gasteiger partial charge in [0, 0.05) is 11.9 Å². The number of aliphatic imine (C=N–C) groups is 1. The molecule has 0 bridgehead atoms. The van der Waals surface area contributed by atoms with Crippen molar-refractivity contribution in [3.63, 3.8) is 0 Å². The van der Waals surface area contributed by atoms with Crippen LogP contribution in [0.3, 0.4) is 0 Å². The highest BCUT2D eigenvalue weighted by Gasteiger charge is 2.09. The van der Waals surface area contributed by atoms with Gasteiger partial charge in [-0.05, 0) is 79.6 Å². The van der Waals surface area contributed by atoms with Crippen LogP contribution in [0, 0.1) is 6.92 Å². The van der Waals surface area contributed by atoms with Crippen molar-refractivity contribution in [2.45, 2.75) is 13.8 Å². The van der Waals surface area contributed by atoms with E-state index in [1.54, 1.807) is 19.4 Å². The molecule has 3 aromatic carbocycles. The third kappa shape index (κ3) is 6.60. The first kappa shape index (κ1) is 21.9. The van der Waals surface area contributed by atoms with Crippen molar-refractivity contribution in [3.8, 4) is 17.2 Å². The molecule has 6 nitrogen and oxygen atoms in total. The van der Waals surface area contributed by atoms with Crippen molar-refractivity contribution in [2.24, 2.45) is 4.99 Å². The van der Waals surface area contributed by atoms with Gasteiger partial charge in [0.25, 0.3) is 5.91 Å². The fourth-order valence-corrected chi connectivity index (χ4v) is 2.87. The number of amides is 1. The zero-order valence-corrected chi connectivity index (χ0v) is 17.9. The standard InChI is InChI=1S/C25H26N2O4/c1-4-30-24-15-19(16-26-20-9-11-22(29-3)12-10-20)8-13-23(24)31-17-25(28)27-21-7-5-6-18(2)14-21/h5-16H,4,17H2,1-3H3,(H,27,28). The maximum Gasteiger partial charge on any atom is 0.262 e. The molecule has 0 fully saturated rings. The van der Waals surface area contributed by atoms with Crippen LogP contribution in [0.4, 0.5) is 11.4 Å². The molecule has 3 rings (SSSR count). The van der Waals surface area contributed by atoms with E-state index in [2.05, 4.69) is 10.3 Å². The summed E-state index contributed by atoms with van der Waals surface area (Å²) >= 11 is 0. The molecule has 0 radical (unpaired) electrons. The number of methoxy groups -OCH3 is 1. The largest absolute Gasteiger partial charge is 0.497 e. The number of rotatable bonds is 9. The Bertz CT molecular complexity index is 1050. The predicted molar refractivity (Wildman–Crippen MR) is 123 cm³/mol. The molecule has 0 spiro atoms. The second-order valence-electron chi connectivity index (χ2n) is 6.80. The lowest BCUT2D eigenvalue weighted by atomic mass is 10.2. The molecule has 31 heavy (non-hydrogen) atoms. The fourth-order valence-electron chi connectivity index (χ4n) is 2.87. The number of hydrogen-bond acceptors (Lipinski definition) is 5. The maximum absolute atomic E-state index is 12.2. The Balaban J connectivity index is 1.65. The van der Waals surface area contributed by atoms with Gasteiger partial charge < -0.3 is 19.5 Å². The molecule has 0 aliphatic carbocycles. The quantitative estimate of drug-likeness (QED) is 0.487. The van der Waals surface area contributed by atoms with Gasteiger partial charge in [0.15, 0.2) is 18.1 Å². The Hall–Kier alpha value is -3.80. The zero-order valence-electron chi connectivity index (χ0n) is 17.9. The van der Waals surface area contributed by atoms with Crippen LogP contribution in [0.5, 0.6) is 17.2 Å². The SMILES string of the molecule is CCOc1cc(C=Nc2ccc(OC)cc2)ccc1OCC(=O)Nc1cccc(C)c1. The van der Waals surface area contributed by atoms with Crippen molar-refractivity contribution >= 4 is 23.5 Å². The van der Waals surface area contributed by atoms with Crippen molar-refractivity contribution in [1.29, 1.82) is 0 Å². The average molecular weight is 418 g/mol. The Morgan fingerprint density at radius 3 is 2.52 bits per heavy atom. The second-order valence-corrected chi connectivity index (χ2v) is 6.80. The molecule has 0 saturated carbocycles. The summed E-state index contributed by atoms with van der Waals surface area (Å²) in [4.78, 5) is 16.7. The van der Waals surface area contributed by atoms with E-state index < -0.39 is 0 Å². The molecule has 0 saturated heterocycles. The number of carbonyl (C=O) groups excluding carboxylic acids is 1. The van der Waals surface area contributed by atoms with Crippen LogP contribution in [-0.4, -0.2) is 32.4 Å². The second kappa shape index (κ2) is 10.8. The lowest BCUT2D eigenvalue weighted by Gasteiger charge is -2.13. The van der Waals surface area contributed by atoms with Gasteiger partial charge in [0.2, 0.25) is 0 Å². The van der Waals surface area contributed by atoms with E-state index in [1.807, 2.05) is 74.5 Å². The van der Waals surface area contributed by atoms with Crippen LogP contribution < -0.4 is 19.5 Å². The highest BCUT2D eigenvalue weighted by atomic mass is 16.5. The Morgan fingerprint density at radius 2 is 1.81 bits per heavy atom. The molecule has 6 heteroatoms. The first-order valence-electron chi connectivity index (χ1n) is 10.0. The van der Waals surface area contributed by atoms with Crippen molar-refractivity contribution in [3.05, 3.63) is 77.9 Å². The van der Waals surface area contributed by atoms with E-state index in [4.69, 9.17) is 14.2 Å². The van der Waals surface area contributed by atoms with Gasteiger partial charge in [-0.15, -0.1) is 0 Å². The van der Waals surface area contributed by atoms with Crippen LogP contribution in [0.2, 0.25) is 0 Å². The number of benzene rings is 3. The van der Waals surface area contributed by atoms with Crippen LogP contribution in [0.1, 0.15) is 18.1 Å². The first-order chi connectivity index (χ1) is 15.1. The third-order valence-corrected chi connectivity index (χ3v) is 4.36. The summed E-state index contributed by atoms with van der Waals surface area (Å²) in [6.45, 7) is 4.23. The van der Waals surface area contributed by atoms with E-state index >= 15 is 0 Å². The molecule has 0 atom stereocenters. The van der Waals surface area contributed by atoms with Gasteiger partial charge in [0.1, 0.15) is 5.75 Å². The lowest BCUT2D eigenvalue weighted by molar-refractivity contribution is -0.118. The van der Waals surface area contributed by atoms with E-state index in [-0.39, 0.29) is 12.5 Å². The topological polar surface area (TPSA) is 69.1 Å². The third-order valence-electron chi connectivity index (χ3n) is 4.36. The summed E-state index contributed by atoms with van der Waals surface area (Å²) in [5.74, 6) is 1.61. The van der Waals surface area contributed by atoms with Gasteiger partial charge in [-0.2, -0.15) is 0 Å². The average Bonchev–Trinajstić information content (AvgIpc) is 2.77. The van der Waals surface area contributed by atoms with E-state index in [1.165, 1.54) is 0 Å². The maximum atomic E-state index is 12.2. The number of ether oxygens (including phenoxy) is 3. The summed E-state index contributed by atoms with van der Waals surface area (Å²) in [6.07, 6.45) is 1.75. The molecule has 0 heterocycles.